The van der Waals surface area contributed by atoms with Crippen LogP contribution in [0, 0.1) is 17.2 Å². The van der Waals surface area contributed by atoms with E-state index in [0.29, 0.717) is 17.7 Å². The van der Waals surface area contributed by atoms with Gasteiger partial charge in [-0.3, -0.25) is 4.90 Å². The van der Waals surface area contributed by atoms with Gasteiger partial charge in [0.15, 0.2) is 0 Å². The van der Waals surface area contributed by atoms with Crippen LogP contribution in [0.25, 0.3) is 0 Å². The highest BCUT2D eigenvalue weighted by atomic mass is 16.5. The van der Waals surface area contributed by atoms with E-state index in [2.05, 4.69) is 29.8 Å². The Kier molecular flexibility index (Phi) is 5.00. The Bertz CT molecular complexity index is 425. The van der Waals surface area contributed by atoms with Gasteiger partial charge >= 0.3 is 0 Å². The van der Waals surface area contributed by atoms with Gasteiger partial charge in [-0.05, 0) is 57.3 Å². The van der Waals surface area contributed by atoms with Gasteiger partial charge in [-0.15, -0.1) is 0 Å². The molecule has 0 amide bonds. The number of nitrogens with zero attached hydrogens (tertiary/aromatic N) is 2. The van der Waals surface area contributed by atoms with Crippen LogP contribution in [0.3, 0.4) is 0 Å². The summed E-state index contributed by atoms with van der Waals surface area (Å²) in [5.74, 6) is 0.708. The number of hydrogen-bond acceptors (Lipinski definition) is 3. The number of aromatic nitrogens is 1. The Balaban J connectivity index is 1.73. The van der Waals surface area contributed by atoms with Crippen molar-refractivity contribution in [2.24, 2.45) is 5.92 Å². The number of piperidine rings is 1. The number of likely N-dealkylation sites (tertiary alicyclic amines) is 1. The van der Waals surface area contributed by atoms with Crippen LogP contribution < -0.4 is 0 Å². The fourth-order valence-electron chi connectivity index (χ4n) is 2.49. The van der Waals surface area contributed by atoms with Crippen LogP contribution in [0.15, 0.2) is 12.3 Å². The first-order valence-corrected chi connectivity index (χ1v) is 7.08. The summed E-state index contributed by atoms with van der Waals surface area (Å²) in [6.45, 7) is 8.27. The first kappa shape index (κ1) is 14.1. The maximum atomic E-state index is 8.79. The topological polar surface area (TPSA) is 52.0 Å². The Morgan fingerprint density at radius 2 is 2.21 bits per heavy atom. The molecular formula is C15H23N3O. The molecule has 4 nitrogen and oxygen atoms in total. The van der Waals surface area contributed by atoms with E-state index in [-0.39, 0.29) is 0 Å². The van der Waals surface area contributed by atoms with E-state index >= 15 is 0 Å². The monoisotopic (exact) mass is 261 g/mol. The highest BCUT2D eigenvalue weighted by molar-refractivity contribution is 5.26. The van der Waals surface area contributed by atoms with E-state index < -0.39 is 0 Å². The van der Waals surface area contributed by atoms with Gasteiger partial charge in [0.05, 0.1) is 6.10 Å². The summed E-state index contributed by atoms with van der Waals surface area (Å²) in [5.41, 5.74) is 1.85. The van der Waals surface area contributed by atoms with Gasteiger partial charge in [-0.25, -0.2) is 0 Å². The summed E-state index contributed by atoms with van der Waals surface area (Å²) < 4.78 is 5.69. The molecule has 1 aromatic rings. The van der Waals surface area contributed by atoms with Crippen molar-refractivity contribution in [1.82, 2.24) is 9.88 Å². The van der Waals surface area contributed by atoms with Gasteiger partial charge in [0, 0.05) is 19.3 Å². The molecule has 0 aromatic carbocycles. The van der Waals surface area contributed by atoms with Gasteiger partial charge in [-0.1, -0.05) is 0 Å². The largest absolute Gasteiger partial charge is 0.379 e. The van der Waals surface area contributed by atoms with E-state index in [1.807, 2.05) is 12.3 Å². The summed E-state index contributed by atoms with van der Waals surface area (Å²) in [7, 11) is 0. The molecule has 4 heteroatoms. The fraction of sp³-hybridized carbons (Fsp3) is 0.667. The van der Waals surface area contributed by atoms with Gasteiger partial charge < -0.3 is 9.72 Å². The molecule has 1 N–H and O–H groups in total. The molecule has 1 saturated heterocycles. The van der Waals surface area contributed by atoms with Crippen LogP contribution in [-0.4, -0.2) is 35.7 Å². The van der Waals surface area contributed by atoms with Crippen molar-refractivity contribution in [3.8, 4) is 6.07 Å². The van der Waals surface area contributed by atoms with Crippen LogP contribution in [0.1, 0.15) is 37.9 Å². The molecule has 0 aliphatic carbocycles. The molecule has 0 atom stereocenters. The Hall–Kier alpha value is -1.31. The number of nitriles is 1. The third-order valence-electron chi connectivity index (χ3n) is 3.64. The maximum Gasteiger partial charge on any atom is 0.117 e. The fourth-order valence-corrected chi connectivity index (χ4v) is 2.49. The van der Waals surface area contributed by atoms with Crippen LogP contribution in [0.4, 0.5) is 0 Å². The molecule has 0 bridgehead atoms. The summed E-state index contributed by atoms with van der Waals surface area (Å²) in [5, 5.41) is 8.79. The number of hydrogen-bond donors (Lipinski definition) is 1. The number of nitrogens with one attached hydrogen (secondary N) is 1. The van der Waals surface area contributed by atoms with Crippen LogP contribution in [0.5, 0.6) is 0 Å². The Labute approximate surface area is 115 Å². The summed E-state index contributed by atoms with van der Waals surface area (Å²) in [6, 6.07) is 4.07. The molecule has 1 aliphatic rings. The van der Waals surface area contributed by atoms with Crippen molar-refractivity contribution in [2.45, 2.75) is 39.3 Å². The lowest BCUT2D eigenvalue weighted by Crippen LogP contribution is -2.34. The van der Waals surface area contributed by atoms with Crippen LogP contribution >= 0.6 is 0 Å². The molecule has 19 heavy (non-hydrogen) atoms. The summed E-state index contributed by atoms with van der Waals surface area (Å²) in [6.07, 6.45) is 4.69. The van der Waals surface area contributed by atoms with Crippen LogP contribution in [0.2, 0.25) is 0 Å². The third-order valence-corrected chi connectivity index (χ3v) is 3.64. The molecule has 2 heterocycles. The van der Waals surface area contributed by atoms with Crippen molar-refractivity contribution in [3.63, 3.8) is 0 Å². The normalized spacial score (nSPS) is 17.8. The van der Waals surface area contributed by atoms with Gasteiger partial charge in [0.1, 0.15) is 11.8 Å². The highest BCUT2D eigenvalue weighted by Gasteiger charge is 2.19. The molecule has 2 rings (SSSR count). The number of rotatable bonds is 5. The Morgan fingerprint density at radius 3 is 2.79 bits per heavy atom. The number of aromatic amines is 1. The standard InChI is InChI=1S/C15H23N3O/c1-12(2)19-11-13-3-5-18(6-4-13)10-14-7-15(8-16)17-9-14/h7,9,12-13,17H,3-6,10-11H2,1-2H3. The zero-order valence-electron chi connectivity index (χ0n) is 11.9. The molecule has 0 saturated carbocycles. The lowest BCUT2D eigenvalue weighted by atomic mass is 9.97. The first-order chi connectivity index (χ1) is 9.17. The zero-order chi connectivity index (χ0) is 13.7. The zero-order valence-corrected chi connectivity index (χ0v) is 11.9. The molecule has 1 aromatic heterocycles. The average Bonchev–Trinajstić information content (AvgIpc) is 2.85. The SMILES string of the molecule is CC(C)OCC1CCN(Cc2c[nH]c(C#N)c2)CC1. The minimum absolute atomic E-state index is 0.335. The number of H-pyrrole nitrogens is 1. The predicted molar refractivity (Wildman–Crippen MR) is 74.6 cm³/mol. The molecule has 1 aliphatic heterocycles. The molecule has 0 radical (unpaired) electrons. The Morgan fingerprint density at radius 1 is 1.47 bits per heavy atom. The van der Waals surface area contributed by atoms with E-state index in [9.17, 15) is 0 Å². The van der Waals surface area contributed by atoms with Crippen molar-refractivity contribution in [3.05, 3.63) is 23.5 Å². The number of ether oxygens (including phenoxy) is 1. The smallest absolute Gasteiger partial charge is 0.117 e. The lowest BCUT2D eigenvalue weighted by Gasteiger charge is -2.31. The predicted octanol–water partition coefficient (Wildman–Crippen LogP) is 2.52. The molecule has 0 unspecified atom stereocenters. The maximum absolute atomic E-state index is 8.79. The quantitative estimate of drug-likeness (QED) is 0.886. The second-order valence-corrected chi connectivity index (χ2v) is 5.64. The van der Waals surface area contributed by atoms with Crippen molar-refractivity contribution >= 4 is 0 Å². The van der Waals surface area contributed by atoms with Gasteiger partial charge in [-0.2, -0.15) is 5.26 Å². The minimum atomic E-state index is 0.335. The highest BCUT2D eigenvalue weighted by Crippen LogP contribution is 2.20. The van der Waals surface area contributed by atoms with E-state index in [1.54, 1.807) is 0 Å². The second-order valence-electron chi connectivity index (χ2n) is 5.64. The van der Waals surface area contributed by atoms with E-state index in [4.69, 9.17) is 10.00 Å². The van der Waals surface area contributed by atoms with Gasteiger partial charge in [0.2, 0.25) is 0 Å². The second kappa shape index (κ2) is 6.74. The van der Waals surface area contributed by atoms with Crippen molar-refractivity contribution in [1.29, 1.82) is 5.26 Å². The van der Waals surface area contributed by atoms with Gasteiger partial charge in [0.25, 0.3) is 0 Å². The van der Waals surface area contributed by atoms with E-state index in [1.165, 1.54) is 18.4 Å². The lowest BCUT2D eigenvalue weighted by molar-refractivity contribution is 0.0296. The molecule has 0 spiro atoms. The first-order valence-electron chi connectivity index (χ1n) is 7.08. The van der Waals surface area contributed by atoms with Crippen molar-refractivity contribution in [2.75, 3.05) is 19.7 Å². The van der Waals surface area contributed by atoms with E-state index in [0.717, 1.165) is 26.2 Å². The minimum Gasteiger partial charge on any atom is -0.379 e. The summed E-state index contributed by atoms with van der Waals surface area (Å²) in [4.78, 5) is 5.43. The molecule has 104 valence electrons. The molecular weight excluding hydrogens is 238 g/mol. The van der Waals surface area contributed by atoms with Crippen molar-refractivity contribution < 1.29 is 4.74 Å². The van der Waals surface area contributed by atoms with Crippen LogP contribution in [-0.2, 0) is 11.3 Å². The summed E-state index contributed by atoms with van der Waals surface area (Å²) >= 11 is 0. The third kappa shape index (κ3) is 4.38. The average molecular weight is 261 g/mol. The molecule has 1 fully saturated rings.